The number of hydrogen-bond donors (Lipinski definition) is 0. The van der Waals surface area contributed by atoms with E-state index >= 15 is 0 Å². The summed E-state index contributed by atoms with van der Waals surface area (Å²) in [5, 5.41) is 8.42. The molecule has 0 amide bonds. The van der Waals surface area contributed by atoms with Crippen molar-refractivity contribution in [1.82, 2.24) is 0 Å². The van der Waals surface area contributed by atoms with Gasteiger partial charge in [0.05, 0.1) is 18.3 Å². The van der Waals surface area contributed by atoms with Crippen molar-refractivity contribution in [2.24, 2.45) is 0 Å². The minimum absolute atomic E-state index is 0.276. The maximum absolute atomic E-state index is 8.42. The van der Waals surface area contributed by atoms with Crippen molar-refractivity contribution in [2.45, 2.75) is 38.9 Å². The van der Waals surface area contributed by atoms with E-state index in [4.69, 9.17) is 10.00 Å². The first kappa shape index (κ1) is 8.29. The van der Waals surface area contributed by atoms with E-state index in [0.29, 0.717) is 0 Å². The van der Waals surface area contributed by atoms with Crippen LogP contribution >= 0.6 is 0 Å². The summed E-state index contributed by atoms with van der Waals surface area (Å²) in [5.41, 5.74) is 1.22. The third kappa shape index (κ3) is 2.36. The van der Waals surface area contributed by atoms with E-state index < -0.39 is 0 Å². The van der Waals surface area contributed by atoms with Crippen LogP contribution in [0.15, 0.2) is 11.6 Å². The van der Waals surface area contributed by atoms with Crippen molar-refractivity contribution >= 4 is 0 Å². The van der Waals surface area contributed by atoms with E-state index in [0.717, 1.165) is 12.8 Å². The summed E-state index contributed by atoms with van der Waals surface area (Å²) in [5.74, 6) is 0. The lowest BCUT2D eigenvalue weighted by atomic mass is 9.99. The largest absolute Gasteiger partial charge is 0.375 e. The lowest BCUT2D eigenvalue weighted by Gasteiger charge is -2.26. The highest BCUT2D eigenvalue weighted by Gasteiger charge is 2.18. The second kappa shape index (κ2) is 3.54. The van der Waals surface area contributed by atoms with E-state index in [2.05, 4.69) is 6.07 Å². The Morgan fingerprint density at radius 1 is 1.45 bits per heavy atom. The first-order valence-corrected chi connectivity index (χ1v) is 3.95. The van der Waals surface area contributed by atoms with Crippen LogP contribution in [0.3, 0.4) is 0 Å². The van der Waals surface area contributed by atoms with Crippen LogP contribution in [0, 0.1) is 11.3 Å². The van der Waals surface area contributed by atoms with Gasteiger partial charge in [-0.2, -0.15) is 5.26 Å². The highest BCUT2D eigenvalue weighted by Crippen LogP contribution is 2.23. The molecule has 2 unspecified atom stereocenters. The van der Waals surface area contributed by atoms with Crippen molar-refractivity contribution in [3.05, 3.63) is 11.6 Å². The lowest BCUT2D eigenvalue weighted by Crippen LogP contribution is -2.24. The zero-order valence-corrected chi connectivity index (χ0v) is 7.00. The van der Waals surface area contributed by atoms with E-state index in [1.807, 2.05) is 13.8 Å². The molecule has 1 aliphatic rings. The average Bonchev–Trinajstić information content (AvgIpc) is 1.85. The molecule has 1 heterocycles. The number of nitriles is 1. The van der Waals surface area contributed by atoms with E-state index in [-0.39, 0.29) is 12.2 Å². The Morgan fingerprint density at radius 2 is 2.00 bits per heavy atom. The van der Waals surface area contributed by atoms with Crippen LogP contribution in [0.25, 0.3) is 0 Å². The summed E-state index contributed by atoms with van der Waals surface area (Å²) < 4.78 is 5.51. The molecule has 0 spiro atoms. The summed E-state index contributed by atoms with van der Waals surface area (Å²) in [6.45, 7) is 4.09. The van der Waals surface area contributed by atoms with Gasteiger partial charge in [-0.05, 0) is 26.7 Å². The van der Waals surface area contributed by atoms with Gasteiger partial charge >= 0.3 is 0 Å². The van der Waals surface area contributed by atoms with Gasteiger partial charge in [-0.15, -0.1) is 0 Å². The Bertz CT molecular complexity index is 190. The van der Waals surface area contributed by atoms with E-state index in [1.165, 1.54) is 5.57 Å². The quantitative estimate of drug-likeness (QED) is 0.496. The number of ether oxygens (including phenoxy) is 1. The molecule has 60 valence electrons. The molecule has 1 aliphatic heterocycles. The first-order chi connectivity index (χ1) is 5.22. The Morgan fingerprint density at radius 3 is 2.45 bits per heavy atom. The molecule has 1 fully saturated rings. The number of rotatable bonds is 0. The molecule has 2 atom stereocenters. The molecule has 0 aromatic carbocycles. The van der Waals surface area contributed by atoms with E-state index in [1.54, 1.807) is 6.08 Å². The molecular formula is C9H13NO. The standard InChI is InChI=1S/C9H13NO/c1-7-5-9(3-4-10)6-8(2)11-7/h3,7-8H,5-6H2,1-2H3. The zero-order chi connectivity index (χ0) is 8.27. The number of nitrogens with zero attached hydrogens (tertiary/aromatic N) is 1. The Kier molecular flexibility index (Phi) is 2.67. The summed E-state index contributed by atoms with van der Waals surface area (Å²) >= 11 is 0. The third-order valence-electron chi connectivity index (χ3n) is 1.83. The summed E-state index contributed by atoms with van der Waals surface area (Å²) in [7, 11) is 0. The van der Waals surface area contributed by atoms with Gasteiger partial charge in [0, 0.05) is 6.08 Å². The minimum Gasteiger partial charge on any atom is -0.375 e. The normalized spacial score (nSPS) is 31.2. The van der Waals surface area contributed by atoms with Crippen LogP contribution in [-0.4, -0.2) is 12.2 Å². The first-order valence-electron chi connectivity index (χ1n) is 3.95. The molecule has 0 aromatic rings. The smallest absolute Gasteiger partial charge is 0.0911 e. The van der Waals surface area contributed by atoms with Crippen LogP contribution in [0.1, 0.15) is 26.7 Å². The maximum atomic E-state index is 8.42. The molecule has 0 bridgehead atoms. The van der Waals surface area contributed by atoms with Gasteiger partial charge in [0.1, 0.15) is 0 Å². The maximum Gasteiger partial charge on any atom is 0.0911 e. The Balaban J connectivity index is 2.58. The Hall–Kier alpha value is -0.810. The second-order valence-electron chi connectivity index (χ2n) is 3.10. The highest BCUT2D eigenvalue weighted by molar-refractivity contribution is 5.16. The van der Waals surface area contributed by atoms with Crippen LogP contribution in [0.2, 0.25) is 0 Å². The van der Waals surface area contributed by atoms with Crippen molar-refractivity contribution in [2.75, 3.05) is 0 Å². The monoisotopic (exact) mass is 151 g/mol. The van der Waals surface area contributed by atoms with Crippen LogP contribution in [0.4, 0.5) is 0 Å². The van der Waals surface area contributed by atoms with Crippen LogP contribution < -0.4 is 0 Å². The summed E-state index contributed by atoms with van der Waals surface area (Å²) in [4.78, 5) is 0. The van der Waals surface area contributed by atoms with Crippen molar-refractivity contribution < 1.29 is 4.74 Å². The SMILES string of the molecule is CC1CC(=CC#N)CC(C)O1. The van der Waals surface area contributed by atoms with Crippen molar-refractivity contribution in [1.29, 1.82) is 5.26 Å². The number of hydrogen-bond acceptors (Lipinski definition) is 2. The van der Waals surface area contributed by atoms with E-state index in [9.17, 15) is 0 Å². The second-order valence-corrected chi connectivity index (χ2v) is 3.10. The number of allylic oxidation sites excluding steroid dienone is 1. The predicted octanol–water partition coefficient (Wildman–Crippen LogP) is 2.02. The molecule has 2 heteroatoms. The molecule has 0 aromatic heterocycles. The average molecular weight is 151 g/mol. The highest BCUT2D eigenvalue weighted by atomic mass is 16.5. The van der Waals surface area contributed by atoms with Gasteiger partial charge in [-0.3, -0.25) is 0 Å². The van der Waals surface area contributed by atoms with Gasteiger partial charge in [0.2, 0.25) is 0 Å². The molecule has 0 N–H and O–H groups in total. The molecular weight excluding hydrogens is 138 g/mol. The summed E-state index contributed by atoms with van der Waals surface area (Å²) in [6.07, 6.45) is 4.03. The molecule has 1 rings (SSSR count). The predicted molar refractivity (Wildman–Crippen MR) is 42.9 cm³/mol. The lowest BCUT2D eigenvalue weighted by molar-refractivity contribution is -0.0102. The minimum atomic E-state index is 0.276. The molecule has 2 nitrogen and oxygen atoms in total. The summed E-state index contributed by atoms with van der Waals surface area (Å²) in [6, 6.07) is 2.06. The zero-order valence-electron chi connectivity index (χ0n) is 7.00. The molecule has 11 heavy (non-hydrogen) atoms. The molecule has 0 radical (unpaired) electrons. The van der Waals surface area contributed by atoms with Gasteiger partial charge in [-0.25, -0.2) is 0 Å². The molecule has 0 saturated carbocycles. The van der Waals surface area contributed by atoms with Gasteiger partial charge in [0.15, 0.2) is 0 Å². The molecule has 0 aliphatic carbocycles. The van der Waals surface area contributed by atoms with Crippen LogP contribution in [-0.2, 0) is 4.74 Å². The van der Waals surface area contributed by atoms with Crippen LogP contribution in [0.5, 0.6) is 0 Å². The fraction of sp³-hybridized carbons (Fsp3) is 0.667. The fourth-order valence-electron chi connectivity index (χ4n) is 1.52. The molecule has 1 saturated heterocycles. The van der Waals surface area contributed by atoms with Crippen molar-refractivity contribution in [3.63, 3.8) is 0 Å². The fourth-order valence-corrected chi connectivity index (χ4v) is 1.52. The van der Waals surface area contributed by atoms with Gasteiger partial charge in [0.25, 0.3) is 0 Å². The van der Waals surface area contributed by atoms with Crippen molar-refractivity contribution in [3.8, 4) is 6.07 Å². The topological polar surface area (TPSA) is 33.0 Å². The Labute approximate surface area is 67.5 Å². The third-order valence-corrected chi connectivity index (χ3v) is 1.83. The van der Waals surface area contributed by atoms with Gasteiger partial charge in [-0.1, -0.05) is 5.57 Å². The van der Waals surface area contributed by atoms with Gasteiger partial charge < -0.3 is 4.74 Å².